The minimum atomic E-state index is -3.57. The van der Waals surface area contributed by atoms with Gasteiger partial charge in [-0.15, -0.1) is 0 Å². The highest BCUT2D eigenvalue weighted by Gasteiger charge is 2.32. The molecule has 0 saturated carbocycles. The van der Waals surface area contributed by atoms with Crippen molar-refractivity contribution >= 4 is 39.1 Å². The molecule has 1 saturated heterocycles. The van der Waals surface area contributed by atoms with Crippen LogP contribution in [-0.4, -0.2) is 50.2 Å². The zero-order chi connectivity index (χ0) is 21.9. The van der Waals surface area contributed by atoms with E-state index in [4.69, 9.17) is 11.6 Å². The summed E-state index contributed by atoms with van der Waals surface area (Å²) >= 11 is 5.89. The first-order chi connectivity index (χ1) is 14.3. The van der Waals surface area contributed by atoms with E-state index >= 15 is 0 Å². The molecule has 0 aliphatic carbocycles. The number of benzene rings is 2. The maximum absolute atomic E-state index is 12.6. The molecule has 1 fully saturated rings. The van der Waals surface area contributed by atoms with Crippen molar-refractivity contribution in [1.82, 2.24) is 9.62 Å². The second-order valence-electron chi connectivity index (χ2n) is 6.97. The number of hydrogen-bond acceptors (Lipinski definition) is 4. The van der Waals surface area contributed by atoms with Crippen molar-refractivity contribution in [1.29, 1.82) is 0 Å². The van der Waals surface area contributed by atoms with Gasteiger partial charge in [0, 0.05) is 42.3 Å². The Morgan fingerprint density at radius 1 is 1.10 bits per heavy atom. The molecule has 7 nitrogen and oxygen atoms in total. The van der Waals surface area contributed by atoms with Crippen molar-refractivity contribution in [3.8, 4) is 0 Å². The first kappa shape index (κ1) is 22.3. The topological polar surface area (TPSA) is 86.8 Å². The quantitative estimate of drug-likeness (QED) is 0.704. The lowest BCUT2D eigenvalue weighted by Crippen LogP contribution is -2.37. The highest BCUT2D eigenvalue weighted by Crippen LogP contribution is 2.24. The summed E-state index contributed by atoms with van der Waals surface area (Å²) in [6.45, 7) is 4.67. The number of nitrogens with one attached hydrogen (secondary N) is 1. The van der Waals surface area contributed by atoms with Crippen molar-refractivity contribution in [2.75, 3.05) is 24.5 Å². The lowest BCUT2D eigenvalue weighted by Gasteiger charge is -2.19. The van der Waals surface area contributed by atoms with Crippen LogP contribution >= 0.6 is 11.6 Å². The number of anilines is 1. The van der Waals surface area contributed by atoms with E-state index in [9.17, 15) is 18.0 Å². The minimum Gasteiger partial charge on any atom is -0.347 e. The monoisotopic (exact) mass is 449 g/mol. The number of sulfonamides is 1. The Bertz CT molecular complexity index is 1020. The molecule has 9 heteroatoms. The van der Waals surface area contributed by atoms with Gasteiger partial charge in [0.2, 0.25) is 15.9 Å². The average Bonchev–Trinajstić information content (AvgIpc) is 3.09. The van der Waals surface area contributed by atoms with E-state index in [0.717, 1.165) is 5.69 Å². The molecule has 30 heavy (non-hydrogen) atoms. The van der Waals surface area contributed by atoms with E-state index in [-0.39, 0.29) is 29.2 Å². The van der Waals surface area contributed by atoms with Crippen molar-refractivity contribution in [3.05, 3.63) is 59.1 Å². The highest BCUT2D eigenvalue weighted by molar-refractivity contribution is 7.89. The Labute approximate surface area is 181 Å². The summed E-state index contributed by atoms with van der Waals surface area (Å²) < 4.78 is 26.5. The van der Waals surface area contributed by atoms with Crippen molar-refractivity contribution in [2.45, 2.75) is 31.2 Å². The standard InChI is InChI=1S/C21H24ClN3O4S/c1-3-24(4-2)30(28,29)19-11-5-15(6-12-19)21(27)23-17-13-20(26)25(14-17)18-9-7-16(22)8-10-18/h5-12,17H,3-4,13-14H2,1-2H3,(H,23,27)/t17-/m1/s1. The van der Waals surface area contributed by atoms with Gasteiger partial charge in [0.15, 0.2) is 0 Å². The zero-order valence-corrected chi connectivity index (χ0v) is 18.4. The predicted octanol–water partition coefficient (Wildman–Crippen LogP) is 2.91. The normalized spacial score (nSPS) is 16.9. The molecule has 2 aromatic carbocycles. The van der Waals surface area contributed by atoms with Gasteiger partial charge < -0.3 is 10.2 Å². The van der Waals surface area contributed by atoms with Crippen LogP contribution in [0.25, 0.3) is 0 Å². The van der Waals surface area contributed by atoms with E-state index in [1.807, 2.05) is 0 Å². The smallest absolute Gasteiger partial charge is 0.251 e. The van der Waals surface area contributed by atoms with Crippen molar-refractivity contribution < 1.29 is 18.0 Å². The molecule has 1 aliphatic heterocycles. The van der Waals surface area contributed by atoms with Crippen LogP contribution in [-0.2, 0) is 14.8 Å². The number of hydrogen-bond donors (Lipinski definition) is 1. The summed E-state index contributed by atoms with van der Waals surface area (Å²) in [5, 5.41) is 3.44. The molecule has 0 unspecified atom stereocenters. The van der Waals surface area contributed by atoms with Gasteiger partial charge in [0.1, 0.15) is 0 Å². The lowest BCUT2D eigenvalue weighted by molar-refractivity contribution is -0.117. The largest absolute Gasteiger partial charge is 0.347 e. The van der Waals surface area contributed by atoms with Crippen LogP contribution in [0.1, 0.15) is 30.6 Å². The van der Waals surface area contributed by atoms with Crippen LogP contribution in [0.3, 0.4) is 0 Å². The van der Waals surface area contributed by atoms with E-state index < -0.39 is 10.0 Å². The number of nitrogens with zero attached hydrogens (tertiary/aromatic N) is 2. The van der Waals surface area contributed by atoms with Crippen molar-refractivity contribution in [2.24, 2.45) is 0 Å². The molecule has 0 spiro atoms. The fourth-order valence-electron chi connectivity index (χ4n) is 3.43. The van der Waals surface area contributed by atoms with Gasteiger partial charge in [-0.25, -0.2) is 8.42 Å². The Morgan fingerprint density at radius 2 is 1.70 bits per heavy atom. The Hall–Kier alpha value is -2.42. The zero-order valence-electron chi connectivity index (χ0n) is 16.8. The average molecular weight is 450 g/mol. The van der Waals surface area contributed by atoms with Crippen LogP contribution in [0.4, 0.5) is 5.69 Å². The summed E-state index contributed by atoms with van der Waals surface area (Å²) in [7, 11) is -3.57. The van der Waals surface area contributed by atoms with Crippen LogP contribution in [0.15, 0.2) is 53.4 Å². The molecular weight excluding hydrogens is 426 g/mol. The Balaban J connectivity index is 1.66. The van der Waals surface area contributed by atoms with Gasteiger partial charge in [0.25, 0.3) is 5.91 Å². The SMILES string of the molecule is CCN(CC)S(=O)(=O)c1ccc(C(=O)N[C@@H]2CC(=O)N(c3ccc(Cl)cc3)C2)cc1. The summed E-state index contributed by atoms with van der Waals surface area (Å²) in [6, 6.07) is 12.5. The number of rotatable bonds is 7. The van der Waals surface area contributed by atoms with Gasteiger partial charge in [0.05, 0.1) is 10.9 Å². The molecule has 3 rings (SSSR count). The number of halogens is 1. The van der Waals surface area contributed by atoms with E-state index in [2.05, 4.69) is 5.32 Å². The van der Waals surface area contributed by atoms with Crippen molar-refractivity contribution in [3.63, 3.8) is 0 Å². The summed E-state index contributed by atoms with van der Waals surface area (Å²) in [4.78, 5) is 26.7. The molecule has 2 aromatic rings. The minimum absolute atomic E-state index is 0.0803. The molecule has 160 valence electrons. The number of amides is 2. The second kappa shape index (κ2) is 9.16. The van der Waals surface area contributed by atoms with Gasteiger partial charge in [-0.3, -0.25) is 9.59 Å². The van der Waals surface area contributed by atoms with Gasteiger partial charge in [-0.1, -0.05) is 25.4 Å². The first-order valence-corrected chi connectivity index (χ1v) is 11.5. The Morgan fingerprint density at radius 3 is 2.27 bits per heavy atom. The third-order valence-electron chi connectivity index (χ3n) is 5.06. The molecular formula is C21H24ClN3O4S. The molecule has 0 aromatic heterocycles. The van der Waals surface area contributed by atoms with Gasteiger partial charge in [-0.2, -0.15) is 4.31 Å². The van der Waals surface area contributed by atoms with Crippen LogP contribution in [0, 0.1) is 0 Å². The Kier molecular flexibility index (Phi) is 6.80. The molecule has 1 atom stereocenters. The number of carbonyl (C=O) groups is 2. The lowest BCUT2D eigenvalue weighted by atomic mass is 10.2. The first-order valence-electron chi connectivity index (χ1n) is 9.73. The molecule has 2 amide bonds. The third kappa shape index (κ3) is 4.66. The highest BCUT2D eigenvalue weighted by atomic mass is 35.5. The molecule has 0 radical (unpaired) electrons. The third-order valence-corrected chi connectivity index (χ3v) is 7.37. The predicted molar refractivity (Wildman–Crippen MR) is 116 cm³/mol. The second-order valence-corrected chi connectivity index (χ2v) is 9.34. The van der Waals surface area contributed by atoms with Crippen LogP contribution < -0.4 is 10.2 Å². The maximum Gasteiger partial charge on any atom is 0.251 e. The molecule has 1 heterocycles. The summed E-state index contributed by atoms with van der Waals surface area (Å²) in [5.41, 5.74) is 1.07. The van der Waals surface area contributed by atoms with E-state index in [0.29, 0.717) is 30.2 Å². The maximum atomic E-state index is 12.6. The van der Waals surface area contributed by atoms with E-state index in [1.54, 1.807) is 43.0 Å². The van der Waals surface area contributed by atoms with E-state index in [1.165, 1.54) is 28.6 Å². The molecule has 0 bridgehead atoms. The fourth-order valence-corrected chi connectivity index (χ4v) is 5.02. The molecule has 1 N–H and O–H groups in total. The molecule has 1 aliphatic rings. The summed E-state index contributed by atoms with van der Waals surface area (Å²) in [6.07, 6.45) is 0.197. The van der Waals surface area contributed by atoms with Gasteiger partial charge in [-0.05, 0) is 48.5 Å². The number of carbonyl (C=O) groups excluding carboxylic acids is 2. The summed E-state index contributed by atoms with van der Waals surface area (Å²) in [5.74, 6) is -0.430. The van der Waals surface area contributed by atoms with Crippen LogP contribution in [0.5, 0.6) is 0 Å². The fraction of sp³-hybridized carbons (Fsp3) is 0.333. The van der Waals surface area contributed by atoms with Crippen LogP contribution in [0.2, 0.25) is 5.02 Å². The van der Waals surface area contributed by atoms with Gasteiger partial charge >= 0.3 is 0 Å².